The Bertz CT molecular complexity index is 1880. The Kier molecular flexibility index (Phi) is 20.0. The largest absolute Gasteiger partial charge is 0.480 e. The number of carbonyl (C=O) groups excluding carboxylic acids is 6. The molecule has 0 spiro atoms. The molecule has 3 aliphatic rings. The monoisotopic (exact) mass is 901 g/mol. The van der Waals surface area contributed by atoms with E-state index >= 15 is 0 Å². The Labute approximate surface area is 372 Å². The number of amides is 6. The smallest absolute Gasteiger partial charge is 0.346 e. The van der Waals surface area contributed by atoms with Crippen LogP contribution in [0.25, 0.3) is 0 Å². The SMILES string of the molecule is C.CC1(C)SC2C(NC(=O)Cc3ccccc3)C(=O)N2C1C(=O)O.CN1C(=O)C(NC(=O)Cc2ccccc2)SC(C)(C)C1(N)C(=O)O.NC(=O)CCCCCCCCC(N)=O. The van der Waals surface area contributed by atoms with Crippen molar-refractivity contribution in [1.29, 1.82) is 0 Å². The summed E-state index contributed by atoms with van der Waals surface area (Å²) in [7, 11) is 1.34. The molecule has 2 aromatic rings. The average molecular weight is 902 g/mol. The molecule has 0 saturated carbocycles. The zero-order valence-electron chi connectivity index (χ0n) is 35.3. The van der Waals surface area contributed by atoms with Crippen molar-refractivity contribution in [2.75, 3.05) is 7.05 Å². The number of nitrogens with zero attached hydrogens (tertiary/aromatic N) is 2. The van der Waals surface area contributed by atoms with Crippen molar-refractivity contribution in [2.24, 2.45) is 17.2 Å². The van der Waals surface area contributed by atoms with E-state index in [-0.39, 0.29) is 55.2 Å². The summed E-state index contributed by atoms with van der Waals surface area (Å²) in [5.41, 5.74) is 15.8. The van der Waals surface area contributed by atoms with Gasteiger partial charge >= 0.3 is 11.9 Å². The van der Waals surface area contributed by atoms with Crippen molar-refractivity contribution in [3.05, 3.63) is 71.8 Å². The molecule has 3 aliphatic heterocycles. The Morgan fingerprint density at radius 1 is 0.694 bits per heavy atom. The lowest BCUT2D eigenvalue weighted by Crippen LogP contribution is -2.76. The van der Waals surface area contributed by atoms with E-state index in [4.69, 9.17) is 17.2 Å². The summed E-state index contributed by atoms with van der Waals surface area (Å²) in [4.78, 5) is 95.2. The molecule has 0 bridgehead atoms. The van der Waals surface area contributed by atoms with E-state index in [0.29, 0.717) is 12.8 Å². The third-order valence-electron chi connectivity index (χ3n) is 10.5. The minimum atomic E-state index is -1.85. The molecule has 6 amide bonds. The van der Waals surface area contributed by atoms with Gasteiger partial charge in [-0.25, -0.2) is 9.59 Å². The van der Waals surface area contributed by atoms with Crippen LogP contribution in [-0.4, -0.2) is 112 Å². The van der Waals surface area contributed by atoms with Crippen LogP contribution < -0.4 is 27.8 Å². The molecule has 5 unspecified atom stereocenters. The number of fused-ring (bicyclic) bond motifs is 1. The van der Waals surface area contributed by atoms with Gasteiger partial charge in [0.05, 0.1) is 17.6 Å². The number of primary amides is 2. The minimum Gasteiger partial charge on any atom is -0.480 e. The lowest BCUT2D eigenvalue weighted by molar-refractivity contribution is -0.161. The number of nitrogens with two attached hydrogens (primary N) is 3. The lowest BCUT2D eigenvalue weighted by Gasteiger charge is -2.51. The molecular weight excluding hydrogens is 839 g/mol. The van der Waals surface area contributed by atoms with E-state index in [1.54, 1.807) is 13.8 Å². The first-order valence-corrected chi connectivity index (χ1v) is 21.7. The first-order valence-electron chi connectivity index (χ1n) is 20.0. The van der Waals surface area contributed by atoms with Crippen LogP contribution in [0.4, 0.5) is 0 Å². The molecule has 5 atom stereocenters. The van der Waals surface area contributed by atoms with E-state index in [1.165, 1.54) is 23.7 Å². The van der Waals surface area contributed by atoms with Gasteiger partial charge in [-0.15, -0.1) is 23.5 Å². The molecule has 10 N–H and O–H groups in total. The lowest BCUT2D eigenvalue weighted by atomic mass is 9.93. The zero-order valence-corrected chi connectivity index (χ0v) is 36.9. The van der Waals surface area contributed by atoms with Crippen LogP contribution in [0.15, 0.2) is 60.7 Å². The summed E-state index contributed by atoms with van der Waals surface area (Å²) in [5, 5.41) is 23.0. The molecule has 5 rings (SSSR count). The van der Waals surface area contributed by atoms with Crippen molar-refractivity contribution in [3.63, 3.8) is 0 Å². The number of hydrogen-bond donors (Lipinski definition) is 7. The topological polar surface area (TPSA) is 286 Å². The second kappa shape index (κ2) is 23.3. The molecular formula is C43H63N7O10S2. The number of likely N-dealkylation sites (N-methyl/N-ethyl adjacent to an activating group) is 1. The Morgan fingerprint density at radius 2 is 1.13 bits per heavy atom. The van der Waals surface area contributed by atoms with Crippen LogP contribution >= 0.6 is 23.5 Å². The second-order valence-electron chi connectivity index (χ2n) is 16.1. The van der Waals surface area contributed by atoms with Crippen molar-refractivity contribution in [2.45, 2.75) is 137 Å². The summed E-state index contributed by atoms with van der Waals surface area (Å²) in [6.45, 7) is 6.91. The standard InChI is InChI=1S/C16H21N3O4S.C16H18N2O4S.C10H20N2O2.CH4/c1-15(2)16(17,14(22)23)19(3)13(21)12(24-15)18-11(20)9-10-7-5-4-6-8-10;1-16(2)12(15(21)22)18-13(20)11(14(18)23-16)17-10(19)8-9-6-4-3-5-7-9;11-9(13)7-5-3-1-2-4-6-8-10(12)14;/h4-8,12H,9,17H2,1-3H3,(H,18,20)(H,22,23);3-7,11-12,14H,8H2,1-2H3,(H,17,19)(H,21,22);1-8H2,(H2,11,13)(H2,12,14);1H4. The van der Waals surface area contributed by atoms with Gasteiger partial charge in [0.1, 0.15) is 17.5 Å². The highest BCUT2D eigenvalue weighted by Crippen LogP contribution is 2.50. The second-order valence-corrected chi connectivity index (χ2v) is 19.6. The number of carboxylic acids is 2. The first-order chi connectivity index (χ1) is 28.5. The van der Waals surface area contributed by atoms with Crippen molar-refractivity contribution in [3.8, 4) is 0 Å². The maximum atomic E-state index is 12.5. The first kappa shape index (κ1) is 53.0. The number of nitrogens with one attached hydrogen (secondary N) is 2. The predicted octanol–water partition coefficient (Wildman–Crippen LogP) is 2.97. The fourth-order valence-corrected chi connectivity index (χ4v) is 10.2. The Hall–Kier alpha value is -5.14. The van der Waals surface area contributed by atoms with Gasteiger partial charge in [0, 0.05) is 24.6 Å². The van der Waals surface area contributed by atoms with E-state index in [1.807, 2.05) is 74.5 Å². The highest BCUT2D eigenvalue weighted by Gasteiger charge is 2.64. The van der Waals surface area contributed by atoms with Crippen molar-refractivity contribution < 1.29 is 48.6 Å². The fourth-order valence-electron chi connectivity index (χ4n) is 7.12. The molecule has 19 heteroatoms. The zero-order chi connectivity index (χ0) is 45.7. The number of β-lactam (4-membered cyclic amide) rings is 1. The van der Waals surface area contributed by atoms with Gasteiger partial charge in [-0.2, -0.15) is 0 Å². The molecule has 17 nitrogen and oxygen atoms in total. The Morgan fingerprint density at radius 3 is 1.55 bits per heavy atom. The van der Waals surface area contributed by atoms with Gasteiger partial charge < -0.3 is 42.1 Å². The van der Waals surface area contributed by atoms with Crippen LogP contribution in [0.2, 0.25) is 0 Å². The van der Waals surface area contributed by atoms with Crippen molar-refractivity contribution >= 4 is 70.9 Å². The molecule has 0 aromatic heterocycles. The van der Waals surface area contributed by atoms with Crippen LogP contribution in [-0.2, 0) is 51.2 Å². The van der Waals surface area contributed by atoms with Crippen LogP contribution in [0.1, 0.15) is 97.6 Å². The van der Waals surface area contributed by atoms with E-state index < -0.39 is 50.5 Å². The number of hydrogen-bond acceptors (Lipinski definition) is 11. The average Bonchev–Trinajstić information content (AvgIpc) is 3.44. The van der Waals surface area contributed by atoms with Crippen LogP contribution in [0, 0.1) is 0 Å². The number of carbonyl (C=O) groups is 8. The summed E-state index contributed by atoms with van der Waals surface area (Å²) < 4.78 is -1.57. The summed E-state index contributed by atoms with van der Waals surface area (Å²) in [6.07, 6.45) is 7.37. The number of thioether (sulfide) groups is 2. The molecule has 3 fully saturated rings. The number of benzene rings is 2. The molecule has 3 heterocycles. The van der Waals surface area contributed by atoms with Gasteiger partial charge in [-0.05, 0) is 51.7 Å². The van der Waals surface area contributed by atoms with Gasteiger partial charge in [-0.1, -0.05) is 93.8 Å². The highest BCUT2D eigenvalue weighted by molar-refractivity contribution is 8.02. The van der Waals surface area contributed by atoms with Gasteiger partial charge in [0.2, 0.25) is 35.2 Å². The summed E-state index contributed by atoms with van der Waals surface area (Å²) in [6, 6.07) is 16.9. The Balaban J connectivity index is 0.000000330. The molecule has 0 radical (unpaired) electrons. The molecule has 342 valence electrons. The molecule has 62 heavy (non-hydrogen) atoms. The summed E-state index contributed by atoms with van der Waals surface area (Å²) >= 11 is 2.47. The van der Waals surface area contributed by atoms with Crippen molar-refractivity contribution in [1.82, 2.24) is 20.4 Å². The van der Waals surface area contributed by atoms with Crippen LogP contribution in [0.3, 0.4) is 0 Å². The molecule has 3 saturated heterocycles. The fraction of sp³-hybridized carbons (Fsp3) is 0.535. The minimum absolute atomic E-state index is 0. The predicted molar refractivity (Wildman–Crippen MR) is 239 cm³/mol. The molecule has 0 aliphatic carbocycles. The normalized spacial score (nSPS) is 22.7. The highest BCUT2D eigenvalue weighted by atomic mass is 32.2. The number of unbranched alkanes of at least 4 members (excludes halogenated alkanes) is 5. The third kappa shape index (κ3) is 13.9. The number of aliphatic carboxylic acids is 2. The van der Waals surface area contributed by atoms with E-state index in [0.717, 1.165) is 66.3 Å². The maximum absolute atomic E-state index is 12.5. The summed E-state index contributed by atoms with van der Waals surface area (Å²) in [5.74, 6) is -4.13. The van der Waals surface area contributed by atoms with E-state index in [2.05, 4.69) is 10.6 Å². The van der Waals surface area contributed by atoms with Crippen LogP contribution in [0.5, 0.6) is 0 Å². The molecule has 2 aromatic carbocycles. The van der Waals surface area contributed by atoms with Gasteiger partial charge in [-0.3, -0.25) is 34.5 Å². The maximum Gasteiger partial charge on any atom is 0.346 e. The number of rotatable bonds is 17. The van der Waals surface area contributed by atoms with E-state index in [9.17, 15) is 48.6 Å². The van der Waals surface area contributed by atoms with Gasteiger partial charge in [0.15, 0.2) is 5.37 Å². The third-order valence-corrected chi connectivity index (χ3v) is 13.6. The van der Waals surface area contributed by atoms with Gasteiger partial charge in [0.25, 0.3) is 5.91 Å². The number of carboxylic acid groups (broad SMARTS) is 2. The quantitative estimate of drug-likeness (QED) is 0.0889.